The van der Waals surface area contributed by atoms with Gasteiger partial charge in [-0.05, 0) is 35.4 Å². The van der Waals surface area contributed by atoms with E-state index in [1.165, 1.54) is 0 Å². The molecule has 0 fully saturated rings. The topological polar surface area (TPSA) is 60.8 Å². The smallest absolute Gasteiger partial charge is 0.233 e. The van der Waals surface area contributed by atoms with Crippen molar-refractivity contribution >= 4 is 27.5 Å². The van der Waals surface area contributed by atoms with E-state index >= 15 is 0 Å². The number of halogens is 2. The van der Waals surface area contributed by atoms with Gasteiger partial charge in [-0.3, -0.25) is 4.98 Å². The SMILES string of the molecule is Clc1ncc(-c2ccncc2)c(Oc2cc(Br)ccn2)n1. The monoisotopic (exact) mass is 362 g/mol. The summed E-state index contributed by atoms with van der Waals surface area (Å²) in [5.74, 6) is 0.751. The van der Waals surface area contributed by atoms with Crippen LogP contribution in [0, 0.1) is 0 Å². The highest BCUT2D eigenvalue weighted by atomic mass is 79.9. The Balaban J connectivity index is 2.03. The van der Waals surface area contributed by atoms with Crippen molar-refractivity contribution in [1.29, 1.82) is 0 Å². The lowest BCUT2D eigenvalue weighted by Crippen LogP contribution is -1.95. The molecule has 3 heterocycles. The second-order valence-electron chi connectivity index (χ2n) is 4.01. The maximum atomic E-state index is 5.86. The third-order valence-electron chi connectivity index (χ3n) is 2.61. The van der Waals surface area contributed by atoms with Gasteiger partial charge in [0.25, 0.3) is 0 Å². The van der Waals surface area contributed by atoms with Crippen LogP contribution in [0.25, 0.3) is 11.1 Å². The number of rotatable bonds is 3. The fourth-order valence-electron chi connectivity index (χ4n) is 1.69. The van der Waals surface area contributed by atoms with Crippen LogP contribution in [0.2, 0.25) is 5.28 Å². The summed E-state index contributed by atoms with van der Waals surface area (Å²) in [6.07, 6.45) is 6.61. The van der Waals surface area contributed by atoms with E-state index in [1.54, 1.807) is 30.9 Å². The van der Waals surface area contributed by atoms with Crippen molar-refractivity contribution in [2.45, 2.75) is 0 Å². The van der Waals surface area contributed by atoms with Crippen molar-refractivity contribution in [3.63, 3.8) is 0 Å². The summed E-state index contributed by atoms with van der Waals surface area (Å²) in [5.41, 5.74) is 1.59. The predicted molar refractivity (Wildman–Crippen MR) is 82.3 cm³/mol. The minimum absolute atomic E-state index is 0.109. The average Bonchev–Trinajstić information content (AvgIpc) is 2.48. The lowest BCUT2D eigenvalue weighted by atomic mass is 10.1. The first-order valence-corrected chi connectivity index (χ1v) is 7.12. The molecule has 0 radical (unpaired) electrons. The third-order valence-corrected chi connectivity index (χ3v) is 3.29. The molecule has 0 bridgehead atoms. The van der Waals surface area contributed by atoms with Gasteiger partial charge in [0.2, 0.25) is 17.0 Å². The molecule has 3 rings (SSSR count). The molecule has 0 amide bonds. The van der Waals surface area contributed by atoms with E-state index in [-0.39, 0.29) is 5.28 Å². The molecule has 0 N–H and O–H groups in total. The molecule has 0 aliphatic carbocycles. The molecule has 0 atom stereocenters. The normalized spacial score (nSPS) is 10.4. The fraction of sp³-hybridized carbons (Fsp3) is 0. The first-order chi connectivity index (χ1) is 10.2. The van der Waals surface area contributed by atoms with Crippen LogP contribution in [0.1, 0.15) is 0 Å². The second-order valence-corrected chi connectivity index (χ2v) is 5.26. The van der Waals surface area contributed by atoms with Crippen LogP contribution < -0.4 is 4.74 Å². The molecule has 21 heavy (non-hydrogen) atoms. The van der Waals surface area contributed by atoms with Gasteiger partial charge in [0.15, 0.2) is 0 Å². The quantitative estimate of drug-likeness (QED) is 0.654. The zero-order valence-corrected chi connectivity index (χ0v) is 12.9. The van der Waals surface area contributed by atoms with E-state index in [0.29, 0.717) is 17.3 Å². The first-order valence-electron chi connectivity index (χ1n) is 5.95. The van der Waals surface area contributed by atoms with Crippen LogP contribution in [0.3, 0.4) is 0 Å². The Bertz CT molecular complexity index is 770. The zero-order chi connectivity index (χ0) is 14.7. The summed E-state index contributed by atoms with van der Waals surface area (Å²) in [6, 6.07) is 7.23. The lowest BCUT2D eigenvalue weighted by molar-refractivity contribution is 0.445. The van der Waals surface area contributed by atoms with E-state index in [2.05, 4.69) is 35.9 Å². The Morgan fingerprint density at radius 2 is 1.86 bits per heavy atom. The van der Waals surface area contributed by atoms with E-state index in [1.807, 2.05) is 18.2 Å². The molecule has 104 valence electrons. The molecule has 7 heteroatoms. The molecule has 0 saturated carbocycles. The predicted octanol–water partition coefficient (Wildman–Crippen LogP) is 4.14. The molecule has 0 aliphatic heterocycles. The van der Waals surface area contributed by atoms with Crippen molar-refractivity contribution in [3.8, 4) is 22.9 Å². The molecular formula is C14H8BrClN4O. The Labute approximate surface area is 134 Å². The Morgan fingerprint density at radius 3 is 2.62 bits per heavy atom. The molecule has 0 aliphatic rings. The Morgan fingerprint density at radius 1 is 1.05 bits per heavy atom. The number of ether oxygens (including phenoxy) is 1. The lowest BCUT2D eigenvalue weighted by Gasteiger charge is -2.09. The zero-order valence-electron chi connectivity index (χ0n) is 10.6. The standard InChI is InChI=1S/C14H8BrClN4O/c15-10-3-6-18-12(7-10)21-13-11(8-19-14(16)20-13)9-1-4-17-5-2-9/h1-8H. The molecular weight excluding hydrogens is 356 g/mol. The third kappa shape index (κ3) is 3.34. The molecule has 0 saturated heterocycles. The molecule has 0 spiro atoms. The van der Waals surface area contributed by atoms with Crippen molar-refractivity contribution in [2.24, 2.45) is 0 Å². The Kier molecular flexibility index (Phi) is 4.08. The van der Waals surface area contributed by atoms with Crippen LogP contribution >= 0.6 is 27.5 Å². The van der Waals surface area contributed by atoms with Crippen LogP contribution in [0.15, 0.2) is 53.5 Å². The van der Waals surface area contributed by atoms with Crippen LogP contribution in [-0.2, 0) is 0 Å². The first kappa shape index (κ1) is 13.9. The number of nitrogens with zero attached hydrogens (tertiary/aromatic N) is 4. The van der Waals surface area contributed by atoms with Crippen molar-refractivity contribution < 1.29 is 4.74 Å². The number of hydrogen-bond donors (Lipinski definition) is 0. The molecule has 0 aromatic carbocycles. The summed E-state index contributed by atoms with van der Waals surface area (Å²) in [5, 5.41) is 0.109. The highest BCUT2D eigenvalue weighted by Gasteiger charge is 2.12. The van der Waals surface area contributed by atoms with Crippen LogP contribution in [-0.4, -0.2) is 19.9 Å². The summed E-state index contributed by atoms with van der Waals surface area (Å²) >= 11 is 9.22. The van der Waals surface area contributed by atoms with Gasteiger partial charge in [0.1, 0.15) is 0 Å². The number of pyridine rings is 2. The van der Waals surface area contributed by atoms with E-state index in [0.717, 1.165) is 10.0 Å². The van der Waals surface area contributed by atoms with Gasteiger partial charge in [-0.2, -0.15) is 4.98 Å². The maximum absolute atomic E-state index is 5.86. The van der Waals surface area contributed by atoms with Gasteiger partial charge in [-0.25, -0.2) is 9.97 Å². The highest BCUT2D eigenvalue weighted by Crippen LogP contribution is 2.31. The van der Waals surface area contributed by atoms with E-state index in [4.69, 9.17) is 16.3 Å². The summed E-state index contributed by atoms with van der Waals surface area (Å²) in [6.45, 7) is 0. The van der Waals surface area contributed by atoms with E-state index in [9.17, 15) is 0 Å². The highest BCUT2D eigenvalue weighted by molar-refractivity contribution is 9.10. The molecule has 3 aromatic heterocycles. The van der Waals surface area contributed by atoms with Crippen molar-refractivity contribution in [1.82, 2.24) is 19.9 Å². The van der Waals surface area contributed by atoms with Gasteiger partial charge in [-0.15, -0.1) is 0 Å². The molecule has 3 aromatic rings. The summed E-state index contributed by atoms with van der Waals surface area (Å²) in [7, 11) is 0. The largest absolute Gasteiger partial charge is 0.420 e. The van der Waals surface area contributed by atoms with Crippen molar-refractivity contribution in [3.05, 3.63) is 58.8 Å². The average molecular weight is 364 g/mol. The molecule has 5 nitrogen and oxygen atoms in total. The van der Waals surface area contributed by atoms with Crippen molar-refractivity contribution in [2.75, 3.05) is 0 Å². The molecule has 0 unspecified atom stereocenters. The van der Waals surface area contributed by atoms with Gasteiger partial charge >= 0.3 is 0 Å². The minimum Gasteiger partial charge on any atom is -0.420 e. The van der Waals surface area contributed by atoms with Gasteiger partial charge < -0.3 is 4.74 Å². The van der Waals surface area contributed by atoms with E-state index < -0.39 is 0 Å². The number of aromatic nitrogens is 4. The maximum Gasteiger partial charge on any atom is 0.233 e. The minimum atomic E-state index is 0.109. The second kappa shape index (κ2) is 6.15. The number of hydrogen-bond acceptors (Lipinski definition) is 5. The fourth-order valence-corrected chi connectivity index (χ4v) is 2.13. The summed E-state index contributed by atoms with van der Waals surface area (Å²) < 4.78 is 6.59. The van der Waals surface area contributed by atoms with Crippen LogP contribution in [0.5, 0.6) is 11.8 Å². The summed E-state index contributed by atoms with van der Waals surface area (Å²) in [4.78, 5) is 16.2. The van der Waals surface area contributed by atoms with Gasteiger partial charge in [0.05, 0.1) is 5.56 Å². The van der Waals surface area contributed by atoms with Gasteiger partial charge in [-0.1, -0.05) is 15.9 Å². The Hall–Kier alpha value is -2.05. The van der Waals surface area contributed by atoms with Crippen LogP contribution in [0.4, 0.5) is 0 Å². The van der Waals surface area contributed by atoms with Gasteiger partial charge in [0, 0.05) is 35.3 Å².